The van der Waals surface area contributed by atoms with E-state index in [-0.39, 0.29) is 5.60 Å². The summed E-state index contributed by atoms with van der Waals surface area (Å²) in [6, 6.07) is 1.59. The smallest absolute Gasteiger partial charge is 0.0713 e. The fourth-order valence-electron chi connectivity index (χ4n) is 3.74. The maximum Gasteiger partial charge on any atom is 0.0713 e. The molecule has 2 heterocycles. The topological polar surface area (TPSA) is 24.5 Å². The second-order valence-corrected chi connectivity index (χ2v) is 7.87. The van der Waals surface area contributed by atoms with Gasteiger partial charge in [0.25, 0.3) is 0 Å². The summed E-state index contributed by atoms with van der Waals surface area (Å²) in [5, 5.41) is 3.81. The highest BCUT2D eigenvalue weighted by atomic mass is 32.2. The van der Waals surface area contributed by atoms with E-state index >= 15 is 0 Å². The number of thioether (sulfide) groups is 1. The standard InChI is InChI=1S/C16H30N2OS/c1-2-18(15-3-4-15)9-8-17-14-5-10-19-16(13-14)6-11-20-12-7-16/h14-15,17H,2-13H2,1H3. The van der Waals surface area contributed by atoms with Crippen molar-refractivity contribution in [1.82, 2.24) is 10.2 Å². The van der Waals surface area contributed by atoms with Gasteiger partial charge in [0.15, 0.2) is 0 Å². The van der Waals surface area contributed by atoms with Gasteiger partial charge in [-0.1, -0.05) is 6.92 Å². The minimum absolute atomic E-state index is 0.224. The summed E-state index contributed by atoms with van der Waals surface area (Å²) >= 11 is 2.09. The molecule has 1 atom stereocenters. The number of nitrogens with one attached hydrogen (secondary N) is 1. The van der Waals surface area contributed by atoms with E-state index in [1.165, 1.54) is 63.1 Å². The van der Waals surface area contributed by atoms with Gasteiger partial charge in [0.1, 0.15) is 0 Å². The summed E-state index contributed by atoms with van der Waals surface area (Å²) in [6.45, 7) is 6.84. The van der Waals surface area contributed by atoms with Gasteiger partial charge in [0.2, 0.25) is 0 Å². The van der Waals surface area contributed by atoms with Crippen LogP contribution in [0, 0.1) is 0 Å². The van der Waals surface area contributed by atoms with Crippen LogP contribution in [-0.4, -0.2) is 60.3 Å². The Labute approximate surface area is 128 Å². The number of hydrogen-bond donors (Lipinski definition) is 1. The third-order valence-electron chi connectivity index (χ3n) is 5.20. The lowest BCUT2D eigenvalue weighted by Gasteiger charge is -2.43. The van der Waals surface area contributed by atoms with Crippen LogP contribution in [0.3, 0.4) is 0 Å². The van der Waals surface area contributed by atoms with Gasteiger partial charge in [0, 0.05) is 31.8 Å². The van der Waals surface area contributed by atoms with Crippen LogP contribution in [0.4, 0.5) is 0 Å². The summed E-state index contributed by atoms with van der Waals surface area (Å²) in [7, 11) is 0. The Morgan fingerprint density at radius 3 is 2.75 bits per heavy atom. The maximum atomic E-state index is 6.17. The minimum Gasteiger partial charge on any atom is -0.375 e. The molecule has 1 spiro atoms. The van der Waals surface area contributed by atoms with E-state index in [4.69, 9.17) is 4.74 Å². The van der Waals surface area contributed by atoms with Crippen LogP contribution in [-0.2, 0) is 4.74 Å². The molecule has 2 saturated heterocycles. The molecule has 0 aromatic carbocycles. The number of likely N-dealkylation sites (N-methyl/N-ethyl adjacent to an activating group) is 1. The van der Waals surface area contributed by atoms with E-state index in [1.807, 2.05) is 0 Å². The molecule has 0 bridgehead atoms. The van der Waals surface area contributed by atoms with Crippen LogP contribution in [0.5, 0.6) is 0 Å². The highest BCUT2D eigenvalue weighted by molar-refractivity contribution is 7.99. The summed E-state index contributed by atoms with van der Waals surface area (Å²) in [5.74, 6) is 2.58. The molecule has 0 aromatic rings. The molecule has 0 amide bonds. The molecular formula is C16H30N2OS. The van der Waals surface area contributed by atoms with Gasteiger partial charge in [-0.3, -0.25) is 4.90 Å². The molecule has 3 rings (SSSR count). The van der Waals surface area contributed by atoms with Gasteiger partial charge in [0.05, 0.1) is 5.60 Å². The van der Waals surface area contributed by atoms with Gasteiger partial charge in [-0.25, -0.2) is 0 Å². The molecule has 0 aromatic heterocycles. The van der Waals surface area contributed by atoms with Crippen molar-refractivity contribution in [3.05, 3.63) is 0 Å². The van der Waals surface area contributed by atoms with E-state index < -0.39 is 0 Å². The number of nitrogens with zero attached hydrogens (tertiary/aromatic N) is 1. The van der Waals surface area contributed by atoms with Crippen molar-refractivity contribution in [3.63, 3.8) is 0 Å². The Kier molecular flexibility index (Phi) is 5.29. The number of hydrogen-bond acceptors (Lipinski definition) is 4. The monoisotopic (exact) mass is 298 g/mol. The molecular weight excluding hydrogens is 268 g/mol. The summed E-state index contributed by atoms with van der Waals surface area (Å²) in [4.78, 5) is 2.64. The molecule has 1 aliphatic carbocycles. The quantitative estimate of drug-likeness (QED) is 0.814. The lowest BCUT2D eigenvalue weighted by molar-refractivity contribution is -0.0931. The van der Waals surface area contributed by atoms with Gasteiger partial charge < -0.3 is 10.1 Å². The molecule has 116 valence electrons. The SMILES string of the molecule is CCN(CCNC1CCOC2(CCSCC2)C1)C1CC1. The minimum atomic E-state index is 0.224. The first kappa shape index (κ1) is 15.1. The van der Waals surface area contributed by atoms with E-state index in [2.05, 4.69) is 28.9 Å². The lowest BCUT2D eigenvalue weighted by Crippen LogP contribution is -2.50. The second-order valence-electron chi connectivity index (χ2n) is 6.65. The van der Waals surface area contributed by atoms with E-state index in [0.717, 1.165) is 19.2 Å². The third kappa shape index (κ3) is 3.90. The zero-order valence-corrected chi connectivity index (χ0v) is 13.7. The third-order valence-corrected chi connectivity index (χ3v) is 6.18. The Balaban J connectivity index is 1.40. The molecule has 4 heteroatoms. The molecule has 0 radical (unpaired) electrons. The normalized spacial score (nSPS) is 30.0. The van der Waals surface area contributed by atoms with Gasteiger partial charge >= 0.3 is 0 Å². The van der Waals surface area contributed by atoms with E-state index in [1.54, 1.807) is 0 Å². The summed E-state index contributed by atoms with van der Waals surface area (Å²) in [6.07, 6.45) is 7.81. The number of ether oxygens (including phenoxy) is 1. The Hall–Kier alpha value is 0.230. The van der Waals surface area contributed by atoms with Gasteiger partial charge in [-0.15, -0.1) is 0 Å². The Morgan fingerprint density at radius 1 is 1.25 bits per heavy atom. The average molecular weight is 298 g/mol. The first-order valence-electron chi connectivity index (χ1n) is 8.50. The molecule has 1 saturated carbocycles. The van der Waals surface area contributed by atoms with E-state index in [9.17, 15) is 0 Å². The summed E-state index contributed by atoms with van der Waals surface area (Å²) in [5.41, 5.74) is 0.224. The predicted octanol–water partition coefficient (Wildman–Crippen LogP) is 2.51. The van der Waals surface area contributed by atoms with Crippen LogP contribution in [0.2, 0.25) is 0 Å². The Morgan fingerprint density at radius 2 is 2.05 bits per heavy atom. The molecule has 3 fully saturated rings. The second kappa shape index (κ2) is 6.99. The highest BCUT2D eigenvalue weighted by Crippen LogP contribution is 2.37. The van der Waals surface area contributed by atoms with Crippen LogP contribution in [0.25, 0.3) is 0 Å². The largest absolute Gasteiger partial charge is 0.375 e. The molecule has 3 nitrogen and oxygen atoms in total. The molecule has 1 unspecified atom stereocenters. The first-order chi connectivity index (χ1) is 9.81. The number of rotatable bonds is 6. The summed E-state index contributed by atoms with van der Waals surface area (Å²) < 4.78 is 6.17. The van der Waals surface area contributed by atoms with Crippen LogP contribution >= 0.6 is 11.8 Å². The van der Waals surface area contributed by atoms with Crippen molar-refractivity contribution in [2.45, 2.75) is 63.1 Å². The van der Waals surface area contributed by atoms with Crippen molar-refractivity contribution < 1.29 is 4.74 Å². The first-order valence-corrected chi connectivity index (χ1v) is 9.66. The fourth-order valence-corrected chi connectivity index (χ4v) is 4.98. The predicted molar refractivity (Wildman–Crippen MR) is 86.5 cm³/mol. The van der Waals surface area contributed by atoms with Crippen molar-refractivity contribution in [3.8, 4) is 0 Å². The zero-order valence-electron chi connectivity index (χ0n) is 12.9. The van der Waals surface area contributed by atoms with Gasteiger partial charge in [-0.2, -0.15) is 11.8 Å². The van der Waals surface area contributed by atoms with Crippen molar-refractivity contribution in [1.29, 1.82) is 0 Å². The van der Waals surface area contributed by atoms with Crippen LogP contribution in [0.1, 0.15) is 45.4 Å². The lowest BCUT2D eigenvalue weighted by atomic mass is 9.85. The Bertz CT molecular complexity index is 297. The molecule has 3 aliphatic rings. The highest BCUT2D eigenvalue weighted by Gasteiger charge is 2.38. The van der Waals surface area contributed by atoms with Gasteiger partial charge in [-0.05, 0) is 56.6 Å². The molecule has 2 aliphatic heterocycles. The van der Waals surface area contributed by atoms with Crippen molar-refractivity contribution in [2.24, 2.45) is 0 Å². The molecule has 1 N–H and O–H groups in total. The van der Waals surface area contributed by atoms with Crippen molar-refractivity contribution in [2.75, 3.05) is 37.7 Å². The van der Waals surface area contributed by atoms with Crippen molar-refractivity contribution >= 4 is 11.8 Å². The van der Waals surface area contributed by atoms with Crippen LogP contribution < -0.4 is 5.32 Å². The van der Waals surface area contributed by atoms with Crippen LogP contribution in [0.15, 0.2) is 0 Å². The van der Waals surface area contributed by atoms with E-state index in [0.29, 0.717) is 6.04 Å². The zero-order chi connectivity index (χ0) is 13.8. The average Bonchev–Trinajstić information content (AvgIpc) is 3.29. The fraction of sp³-hybridized carbons (Fsp3) is 1.00. The molecule has 20 heavy (non-hydrogen) atoms. The maximum absolute atomic E-state index is 6.17.